The third kappa shape index (κ3) is 6.01. The molecule has 2 aromatic carbocycles. The molecule has 3 rings (SSSR count). The molecule has 0 unspecified atom stereocenters. The Labute approximate surface area is 205 Å². The molecule has 1 heterocycles. The lowest BCUT2D eigenvalue weighted by molar-refractivity contribution is -0.121. The van der Waals surface area contributed by atoms with E-state index in [1.807, 2.05) is 24.3 Å². The van der Waals surface area contributed by atoms with Crippen molar-refractivity contribution < 1.29 is 9.53 Å². The van der Waals surface area contributed by atoms with Gasteiger partial charge < -0.3 is 15.8 Å². The van der Waals surface area contributed by atoms with Crippen LogP contribution >= 0.6 is 11.6 Å². The summed E-state index contributed by atoms with van der Waals surface area (Å²) in [5, 5.41) is 20.8. The molecule has 0 aliphatic carbocycles. The second-order valence-corrected chi connectivity index (χ2v) is 8.53. The first kappa shape index (κ1) is 25.4. The zero-order chi connectivity index (χ0) is 24.7. The molecule has 2 aromatic rings. The molecule has 0 fully saturated rings. The summed E-state index contributed by atoms with van der Waals surface area (Å²) in [6.45, 7) is 2.81. The van der Waals surface area contributed by atoms with Gasteiger partial charge in [0.15, 0.2) is 0 Å². The van der Waals surface area contributed by atoms with E-state index in [0.717, 1.165) is 24.8 Å². The number of nitrogens with two attached hydrogens (primary N) is 1. The molecule has 9 heteroatoms. The maximum Gasteiger partial charge on any atom is 0.222 e. The molecule has 0 saturated carbocycles. The van der Waals surface area contributed by atoms with Gasteiger partial charge in [-0.3, -0.25) is 25.5 Å². The van der Waals surface area contributed by atoms with Gasteiger partial charge in [0.1, 0.15) is 23.5 Å². The number of carbonyl (C=O) groups is 1. The lowest BCUT2D eigenvalue weighted by Gasteiger charge is -2.26. The summed E-state index contributed by atoms with van der Waals surface area (Å²) in [5.41, 5.74) is 8.27. The van der Waals surface area contributed by atoms with Gasteiger partial charge in [0, 0.05) is 22.7 Å². The summed E-state index contributed by atoms with van der Waals surface area (Å²) < 4.78 is 5.44. The number of anilines is 1. The number of fused-ring (bicyclic) bond motifs is 1. The zero-order valence-corrected chi connectivity index (χ0v) is 20.3. The molecule has 1 aliphatic rings. The van der Waals surface area contributed by atoms with E-state index in [0.29, 0.717) is 40.8 Å². The molecule has 0 bridgehead atoms. The molecule has 0 spiro atoms. The fraction of sp³-hybridized carbons (Fsp3) is 0.360. The van der Waals surface area contributed by atoms with Crippen molar-refractivity contribution >= 4 is 40.6 Å². The lowest BCUT2D eigenvalue weighted by Crippen LogP contribution is -2.42. The highest BCUT2D eigenvalue weighted by atomic mass is 35.5. The second kappa shape index (κ2) is 11.8. The number of nitrogens with zero attached hydrogens (tertiary/aromatic N) is 2. The second-order valence-electron chi connectivity index (χ2n) is 8.09. The fourth-order valence-corrected chi connectivity index (χ4v) is 3.98. The Morgan fingerprint density at radius 2 is 1.94 bits per heavy atom. The smallest absolute Gasteiger partial charge is 0.222 e. The van der Waals surface area contributed by atoms with Crippen LogP contribution in [0.4, 0.5) is 5.69 Å². The number of benzodiazepines with no additional fused rings is 1. The van der Waals surface area contributed by atoms with Crippen molar-refractivity contribution in [3.63, 3.8) is 0 Å². The SMILES string of the molecule is COc1ccc2c(c1)C(c1ccc(Cl)cc1)=N[C@@H](CC(=O)NCCCCCN)C(=N)N2C(C)=N. The Kier molecular flexibility index (Phi) is 8.79. The normalized spacial score (nSPS) is 15.3. The molecule has 34 heavy (non-hydrogen) atoms. The number of methoxy groups -OCH3 is 1. The van der Waals surface area contributed by atoms with Crippen molar-refractivity contribution in [1.29, 1.82) is 10.8 Å². The van der Waals surface area contributed by atoms with E-state index < -0.39 is 6.04 Å². The number of benzene rings is 2. The first-order chi connectivity index (χ1) is 16.3. The molecule has 0 aromatic heterocycles. The van der Waals surface area contributed by atoms with Crippen LogP contribution < -0.4 is 20.7 Å². The van der Waals surface area contributed by atoms with Crippen LogP contribution in [0.15, 0.2) is 47.5 Å². The number of nitrogens with one attached hydrogen (secondary N) is 3. The number of amidine groups is 2. The van der Waals surface area contributed by atoms with Crippen molar-refractivity contribution in [2.75, 3.05) is 25.1 Å². The monoisotopic (exact) mass is 482 g/mol. The van der Waals surface area contributed by atoms with Crippen LogP contribution in [0.3, 0.4) is 0 Å². The zero-order valence-electron chi connectivity index (χ0n) is 19.5. The number of hydrogen-bond acceptors (Lipinski definition) is 6. The van der Waals surface area contributed by atoms with Gasteiger partial charge in [0.05, 0.1) is 24.9 Å². The number of halogens is 1. The van der Waals surface area contributed by atoms with E-state index in [4.69, 9.17) is 37.9 Å². The van der Waals surface area contributed by atoms with Crippen LogP contribution in [0.5, 0.6) is 5.75 Å². The summed E-state index contributed by atoms with van der Waals surface area (Å²) >= 11 is 6.11. The van der Waals surface area contributed by atoms with Gasteiger partial charge in [-0.25, -0.2) is 0 Å². The average Bonchev–Trinajstić information content (AvgIpc) is 2.93. The molecule has 1 aliphatic heterocycles. The molecule has 8 nitrogen and oxygen atoms in total. The molecule has 0 saturated heterocycles. The van der Waals surface area contributed by atoms with E-state index >= 15 is 0 Å². The van der Waals surface area contributed by atoms with Gasteiger partial charge in [-0.1, -0.05) is 30.2 Å². The number of rotatable bonds is 9. The molecule has 5 N–H and O–H groups in total. The minimum absolute atomic E-state index is 0.00170. The van der Waals surface area contributed by atoms with Crippen LogP contribution in [-0.4, -0.2) is 49.5 Å². The Hall–Kier alpha value is -3.23. The highest BCUT2D eigenvalue weighted by molar-refractivity contribution is 6.31. The van der Waals surface area contributed by atoms with Gasteiger partial charge >= 0.3 is 0 Å². The van der Waals surface area contributed by atoms with Crippen LogP contribution in [0.2, 0.25) is 5.02 Å². The van der Waals surface area contributed by atoms with Crippen LogP contribution in [0.1, 0.15) is 43.7 Å². The fourth-order valence-electron chi connectivity index (χ4n) is 3.86. The van der Waals surface area contributed by atoms with Gasteiger partial charge in [-0.2, -0.15) is 0 Å². The van der Waals surface area contributed by atoms with Gasteiger partial charge in [0.25, 0.3) is 0 Å². The molecule has 1 amide bonds. The Morgan fingerprint density at radius 3 is 2.59 bits per heavy atom. The van der Waals surface area contributed by atoms with Crippen molar-refractivity contribution in [3.05, 3.63) is 58.6 Å². The first-order valence-electron chi connectivity index (χ1n) is 11.3. The Bertz CT molecular complexity index is 1080. The van der Waals surface area contributed by atoms with Gasteiger partial charge in [-0.05, 0) is 56.6 Å². The summed E-state index contributed by atoms with van der Waals surface area (Å²) in [6, 6.07) is 11.9. The van der Waals surface area contributed by atoms with Gasteiger partial charge in [-0.15, -0.1) is 0 Å². The van der Waals surface area contributed by atoms with E-state index in [-0.39, 0.29) is 24.0 Å². The Morgan fingerprint density at radius 1 is 1.21 bits per heavy atom. The largest absolute Gasteiger partial charge is 0.497 e. The van der Waals surface area contributed by atoms with Crippen molar-refractivity contribution in [2.45, 2.75) is 38.6 Å². The van der Waals surface area contributed by atoms with E-state index in [1.165, 1.54) is 4.90 Å². The molecular weight excluding hydrogens is 452 g/mol. The number of unbranched alkanes of at least 4 members (excludes halogenated alkanes) is 2. The highest BCUT2D eigenvalue weighted by Crippen LogP contribution is 2.33. The maximum atomic E-state index is 12.7. The Balaban J connectivity index is 2.01. The van der Waals surface area contributed by atoms with Crippen molar-refractivity contribution in [2.24, 2.45) is 10.7 Å². The molecule has 180 valence electrons. The van der Waals surface area contributed by atoms with Crippen LogP contribution in [-0.2, 0) is 4.79 Å². The van der Waals surface area contributed by atoms with E-state index in [1.54, 1.807) is 32.2 Å². The highest BCUT2D eigenvalue weighted by Gasteiger charge is 2.32. The van der Waals surface area contributed by atoms with Crippen molar-refractivity contribution in [1.82, 2.24) is 5.32 Å². The number of ether oxygens (including phenoxy) is 1. The molecular formula is C25H31ClN6O2. The minimum atomic E-state index is -0.770. The van der Waals surface area contributed by atoms with E-state index in [9.17, 15) is 4.79 Å². The number of hydrogen-bond donors (Lipinski definition) is 4. The standard InChI is InChI=1S/C25H31ClN6O2/c1-16(28)32-22-11-10-19(34-2)14-20(22)24(17-6-8-18(26)9-7-17)31-21(25(32)29)15-23(33)30-13-5-3-4-12-27/h6-11,14,21,28-29H,3-5,12-13,15,27H2,1-2H3,(H,30,33)/t21-/m0/s1. The third-order valence-electron chi connectivity index (χ3n) is 5.58. The predicted molar refractivity (Wildman–Crippen MR) is 138 cm³/mol. The topological polar surface area (TPSA) is 128 Å². The average molecular weight is 483 g/mol. The molecule has 1 atom stereocenters. The van der Waals surface area contributed by atoms with Crippen molar-refractivity contribution in [3.8, 4) is 5.75 Å². The predicted octanol–water partition coefficient (Wildman–Crippen LogP) is 3.98. The summed E-state index contributed by atoms with van der Waals surface area (Å²) in [4.78, 5) is 19.1. The van der Waals surface area contributed by atoms with E-state index in [2.05, 4.69) is 5.32 Å². The maximum absolute atomic E-state index is 12.7. The van der Waals surface area contributed by atoms with Gasteiger partial charge in [0.2, 0.25) is 5.91 Å². The first-order valence-corrected chi connectivity index (χ1v) is 11.7. The minimum Gasteiger partial charge on any atom is -0.497 e. The quantitative estimate of drug-likeness (QED) is 0.245. The number of carbonyl (C=O) groups excluding carboxylic acids is 1. The number of amides is 1. The lowest BCUT2D eigenvalue weighted by atomic mass is 9.99. The number of aliphatic imine (C=N–C) groups is 1. The van der Waals surface area contributed by atoms with Crippen LogP contribution in [0, 0.1) is 10.8 Å². The third-order valence-corrected chi connectivity index (χ3v) is 5.83. The summed E-state index contributed by atoms with van der Waals surface area (Å²) in [6.07, 6.45) is 2.73. The molecule has 0 radical (unpaired) electrons. The van der Waals surface area contributed by atoms with Crippen LogP contribution in [0.25, 0.3) is 0 Å². The summed E-state index contributed by atoms with van der Waals surface area (Å²) in [7, 11) is 1.58. The summed E-state index contributed by atoms with van der Waals surface area (Å²) in [5.74, 6) is 0.674.